The van der Waals surface area contributed by atoms with Crippen LogP contribution in [0.3, 0.4) is 0 Å². The Morgan fingerprint density at radius 3 is 2.80 bits per heavy atom. The average molecular weight is 413 g/mol. The molecule has 0 unspecified atom stereocenters. The number of methoxy groups -OCH3 is 1. The number of rotatable bonds is 6. The van der Waals surface area contributed by atoms with Gasteiger partial charge in [0.05, 0.1) is 35.9 Å². The van der Waals surface area contributed by atoms with E-state index in [4.69, 9.17) is 10.5 Å². The molecule has 0 radical (unpaired) electrons. The summed E-state index contributed by atoms with van der Waals surface area (Å²) in [6, 6.07) is 7.47. The van der Waals surface area contributed by atoms with Gasteiger partial charge in [-0.05, 0) is 18.2 Å². The SMILES string of the molecule is COC1CN(Cc2nc3c(N)nc4cc(-c5cc[nH]n5)ccc4c3n2CC(F)F)C1. The summed E-state index contributed by atoms with van der Waals surface area (Å²) >= 11 is 0. The van der Waals surface area contributed by atoms with Gasteiger partial charge in [-0.25, -0.2) is 18.7 Å². The fraction of sp³-hybridized carbons (Fsp3) is 0.350. The molecular weight excluding hydrogens is 392 g/mol. The standard InChI is InChI=1S/C20H21F2N7O/c1-30-12-7-28(8-12)10-17-26-18-19(29(17)9-16(21)22)13-3-2-11(14-4-5-24-27-14)6-15(13)25-20(18)23/h2-6,12,16H,7-10H2,1H3,(H2,23,25)(H,24,27). The molecule has 3 N–H and O–H groups in total. The quantitative estimate of drug-likeness (QED) is 0.504. The summed E-state index contributed by atoms with van der Waals surface area (Å²) < 4.78 is 33.8. The number of aromatic nitrogens is 5. The summed E-state index contributed by atoms with van der Waals surface area (Å²) in [5.74, 6) is 0.779. The Labute approximate surface area is 170 Å². The summed E-state index contributed by atoms with van der Waals surface area (Å²) in [5.41, 5.74) is 9.48. The van der Waals surface area contributed by atoms with E-state index >= 15 is 0 Å². The van der Waals surface area contributed by atoms with Crippen LogP contribution in [0.1, 0.15) is 5.82 Å². The third kappa shape index (κ3) is 3.17. The van der Waals surface area contributed by atoms with Gasteiger partial charge in [-0.2, -0.15) is 5.10 Å². The Morgan fingerprint density at radius 2 is 2.10 bits per heavy atom. The Kier molecular flexibility index (Phi) is 4.59. The lowest BCUT2D eigenvalue weighted by Gasteiger charge is -2.37. The number of benzene rings is 1. The van der Waals surface area contributed by atoms with Crippen molar-refractivity contribution in [2.24, 2.45) is 0 Å². The Bertz CT molecular complexity index is 1200. The molecule has 1 fully saturated rings. The summed E-state index contributed by atoms with van der Waals surface area (Å²) in [6.45, 7) is 1.49. The van der Waals surface area contributed by atoms with E-state index in [0.717, 1.165) is 29.7 Å². The second-order valence-electron chi connectivity index (χ2n) is 7.47. The van der Waals surface area contributed by atoms with Gasteiger partial charge in [-0.3, -0.25) is 10.00 Å². The molecule has 0 aliphatic carbocycles. The number of hydrogen-bond acceptors (Lipinski definition) is 6. The van der Waals surface area contributed by atoms with Crippen LogP contribution in [0.25, 0.3) is 33.2 Å². The summed E-state index contributed by atoms with van der Waals surface area (Å²) in [7, 11) is 1.67. The highest BCUT2D eigenvalue weighted by Gasteiger charge is 2.29. The highest BCUT2D eigenvalue weighted by molar-refractivity contribution is 6.07. The number of nitrogens with zero attached hydrogens (tertiary/aromatic N) is 5. The number of halogens is 2. The second-order valence-corrected chi connectivity index (χ2v) is 7.47. The molecular formula is C20H21F2N7O. The maximum absolute atomic E-state index is 13.5. The molecule has 30 heavy (non-hydrogen) atoms. The first-order chi connectivity index (χ1) is 14.5. The molecule has 4 aromatic rings. The van der Waals surface area contributed by atoms with Gasteiger partial charge >= 0.3 is 0 Å². The van der Waals surface area contributed by atoms with Gasteiger partial charge in [-0.15, -0.1) is 0 Å². The molecule has 0 saturated carbocycles. The van der Waals surface area contributed by atoms with Gasteiger partial charge in [0.15, 0.2) is 5.82 Å². The summed E-state index contributed by atoms with van der Waals surface area (Å²) in [4.78, 5) is 11.2. The van der Waals surface area contributed by atoms with E-state index in [-0.39, 0.29) is 11.9 Å². The van der Waals surface area contributed by atoms with Crippen molar-refractivity contribution in [2.45, 2.75) is 25.6 Å². The van der Waals surface area contributed by atoms with Crippen LogP contribution in [0, 0.1) is 0 Å². The molecule has 3 aromatic heterocycles. The lowest BCUT2D eigenvalue weighted by Crippen LogP contribution is -2.51. The topological polar surface area (TPSA) is 97.9 Å². The predicted molar refractivity (Wildman–Crippen MR) is 109 cm³/mol. The number of alkyl halides is 2. The Morgan fingerprint density at radius 1 is 1.27 bits per heavy atom. The van der Waals surface area contributed by atoms with E-state index in [0.29, 0.717) is 28.9 Å². The number of aromatic amines is 1. The van der Waals surface area contributed by atoms with Crippen LogP contribution in [0.5, 0.6) is 0 Å². The van der Waals surface area contributed by atoms with E-state index in [1.165, 1.54) is 0 Å². The van der Waals surface area contributed by atoms with Gasteiger partial charge in [0.1, 0.15) is 11.3 Å². The normalized spacial score (nSPS) is 15.5. The molecule has 5 rings (SSSR count). The lowest BCUT2D eigenvalue weighted by molar-refractivity contribution is -0.0351. The number of ether oxygens (including phenoxy) is 1. The Balaban J connectivity index is 1.64. The van der Waals surface area contributed by atoms with Crippen molar-refractivity contribution in [3.05, 3.63) is 36.3 Å². The lowest BCUT2D eigenvalue weighted by atomic mass is 10.1. The van der Waals surface area contributed by atoms with E-state index in [1.807, 2.05) is 24.3 Å². The molecule has 4 heterocycles. The summed E-state index contributed by atoms with van der Waals surface area (Å²) in [6.07, 6.45) is -0.610. The summed E-state index contributed by atoms with van der Waals surface area (Å²) in [5, 5.41) is 7.70. The van der Waals surface area contributed by atoms with E-state index < -0.39 is 13.0 Å². The molecule has 1 aliphatic rings. The fourth-order valence-electron chi connectivity index (χ4n) is 3.99. The molecule has 156 valence electrons. The number of anilines is 1. The third-order valence-electron chi connectivity index (χ3n) is 5.52. The highest BCUT2D eigenvalue weighted by Crippen LogP contribution is 2.32. The van der Waals surface area contributed by atoms with Gasteiger partial charge in [-0.1, -0.05) is 6.07 Å². The second kappa shape index (κ2) is 7.29. The first-order valence-corrected chi connectivity index (χ1v) is 9.65. The number of H-pyrrole nitrogens is 1. The minimum Gasteiger partial charge on any atom is -0.382 e. The van der Waals surface area contributed by atoms with E-state index in [1.54, 1.807) is 17.9 Å². The first-order valence-electron chi connectivity index (χ1n) is 9.65. The number of nitrogens with one attached hydrogen (secondary N) is 1. The minimum absolute atomic E-state index is 0.172. The van der Waals surface area contributed by atoms with Crippen molar-refractivity contribution in [1.82, 2.24) is 29.6 Å². The van der Waals surface area contributed by atoms with Crippen molar-refractivity contribution in [3.8, 4) is 11.3 Å². The first kappa shape index (κ1) is 18.9. The van der Waals surface area contributed by atoms with Crippen molar-refractivity contribution in [3.63, 3.8) is 0 Å². The number of likely N-dealkylation sites (tertiary alicyclic amines) is 1. The van der Waals surface area contributed by atoms with Crippen LogP contribution >= 0.6 is 0 Å². The maximum Gasteiger partial charge on any atom is 0.256 e. The zero-order chi connectivity index (χ0) is 20.8. The molecule has 0 bridgehead atoms. The van der Waals surface area contributed by atoms with E-state index in [2.05, 4.69) is 25.1 Å². The number of nitrogens with two attached hydrogens (primary N) is 1. The average Bonchev–Trinajstić information content (AvgIpc) is 3.33. The van der Waals surface area contributed by atoms with Crippen LogP contribution in [-0.2, 0) is 17.8 Å². The third-order valence-corrected chi connectivity index (χ3v) is 5.52. The van der Waals surface area contributed by atoms with Gasteiger partial charge in [0, 0.05) is 37.3 Å². The smallest absolute Gasteiger partial charge is 0.256 e. The van der Waals surface area contributed by atoms with Crippen LogP contribution in [-0.4, -0.2) is 62.4 Å². The molecule has 1 saturated heterocycles. The molecule has 0 spiro atoms. The van der Waals surface area contributed by atoms with Crippen molar-refractivity contribution in [1.29, 1.82) is 0 Å². The van der Waals surface area contributed by atoms with Crippen LogP contribution in [0.4, 0.5) is 14.6 Å². The highest BCUT2D eigenvalue weighted by atomic mass is 19.3. The van der Waals surface area contributed by atoms with Crippen LogP contribution in [0.15, 0.2) is 30.5 Å². The molecule has 1 aliphatic heterocycles. The largest absolute Gasteiger partial charge is 0.382 e. The Hall–Kier alpha value is -3.11. The molecule has 10 heteroatoms. The number of pyridine rings is 1. The minimum atomic E-state index is -2.52. The van der Waals surface area contributed by atoms with Gasteiger partial charge in [0.25, 0.3) is 6.43 Å². The van der Waals surface area contributed by atoms with Crippen LogP contribution < -0.4 is 5.73 Å². The van der Waals surface area contributed by atoms with E-state index in [9.17, 15) is 8.78 Å². The zero-order valence-corrected chi connectivity index (χ0v) is 16.3. The zero-order valence-electron chi connectivity index (χ0n) is 16.3. The van der Waals surface area contributed by atoms with Gasteiger partial charge in [0.2, 0.25) is 0 Å². The molecule has 0 amide bonds. The van der Waals surface area contributed by atoms with Crippen LogP contribution in [0.2, 0.25) is 0 Å². The molecule has 0 atom stereocenters. The van der Waals surface area contributed by atoms with Crippen molar-refractivity contribution >= 4 is 27.8 Å². The van der Waals surface area contributed by atoms with Gasteiger partial charge < -0.3 is 15.0 Å². The number of fused-ring (bicyclic) bond motifs is 3. The monoisotopic (exact) mass is 413 g/mol. The maximum atomic E-state index is 13.5. The molecule has 1 aromatic carbocycles. The number of hydrogen-bond donors (Lipinski definition) is 2. The number of nitrogen functional groups attached to an aromatic ring is 1. The molecule has 8 nitrogen and oxygen atoms in total. The fourth-order valence-corrected chi connectivity index (χ4v) is 3.99. The predicted octanol–water partition coefficient (Wildman–Crippen LogP) is 2.65. The number of imidazole rings is 1. The van der Waals surface area contributed by atoms with Crippen molar-refractivity contribution < 1.29 is 13.5 Å². The van der Waals surface area contributed by atoms with Crippen molar-refractivity contribution in [2.75, 3.05) is 25.9 Å².